The van der Waals surface area contributed by atoms with E-state index in [4.69, 9.17) is 15.7 Å². The Labute approximate surface area is 119 Å². The van der Waals surface area contributed by atoms with Crippen molar-refractivity contribution < 1.29 is 14.7 Å². The van der Waals surface area contributed by atoms with E-state index >= 15 is 0 Å². The lowest BCUT2D eigenvalue weighted by molar-refractivity contribution is -0.132. The van der Waals surface area contributed by atoms with E-state index in [1.807, 2.05) is 0 Å². The molecule has 4 N–H and O–H groups in total. The molecule has 20 heavy (non-hydrogen) atoms. The molecule has 0 aromatic heterocycles. The number of nitrogens with one attached hydrogen (secondary N) is 1. The number of amides is 1. The maximum atomic E-state index is 12.6. The van der Waals surface area contributed by atoms with Gasteiger partial charge in [0.25, 0.3) is 0 Å². The number of carbonyl (C=O) groups excluding carboxylic acids is 1. The summed E-state index contributed by atoms with van der Waals surface area (Å²) in [5, 5.41) is 15.1. The number of ether oxygens (including phenoxy) is 1. The van der Waals surface area contributed by atoms with Crippen LogP contribution >= 0.6 is 0 Å². The average Bonchev–Trinajstić information content (AvgIpc) is 2.91. The molecular formula is C14H25N3O3. The lowest BCUT2D eigenvalue weighted by atomic mass is 9.77. The van der Waals surface area contributed by atoms with Gasteiger partial charge in [0.2, 0.25) is 5.91 Å². The van der Waals surface area contributed by atoms with E-state index in [-0.39, 0.29) is 17.2 Å². The largest absolute Gasteiger partial charge is 0.409 e. The van der Waals surface area contributed by atoms with Gasteiger partial charge in [0.15, 0.2) is 5.84 Å². The van der Waals surface area contributed by atoms with Crippen molar-refractivity contribution in [2.24, 2.45) is 21.7 Å². The third kappa shape index (κ3) is 2.90. The van der Waals surface area contributed by atoms with Gasteiger partial charge in [-0.3, -0.25) is 4.79 Å². The SMILES string of the molecule is CC1(CNC(=O)C2(C(N)=NO)CCOCC2)CCCC1. The maximum absolute atomic E-state index is 12.6. The van der Waals surface area contributed by atoms with Crippen molar-refractivity contribution in [2.75, 3.05) is 19.8 Å². The van der Waals surface area contributed by atoms with Crippen molar-refractivity contribution >= 4 is 11.7 Å². The number of oxime groups is 1. The van der Waals surface area contributed by atoms with E-state index in [0.717, 1.165) is 12.8 Å². The topological polar surface area (TPSA) is 96.9 Å². The second-order valence-electron chi connectivity index (χ2n) is 6.38. The maximum Gasteiger partial charge on any atom is 0.234 e. The molecule has 0 radical (unpaired) electrons. The summed E-state index contributed by atoms with van der Waals surface area (Å²) in [6.45, 7) is 3.79. The van der Waals surface area contributed by atoms with Crippen LogP contribution in [0.4, 0.5) is 0 Å². The summed E-state index contributed by atoms with van der Waals surface area (Å²) < 4.78 is 5.30. The molecule has 1 heterocycles. The molecule has 1 aliphatic heterocycles. The van der Waals surface area contributed by atoms with Crippen LogP contribution in [-0.2, 0) is 9.53 Å². The molecule has 6 nitrogen and oxygen atoms in total. The molecule has 0 spiro atoms. The Morgan fingerprint density at radius 2 is 1.90 bits per heavy atom. The van der Waals surface area contributed by atoms with Crippen LogP contribution in [0, 0.1) is 10.8 Å². The molecule has 6 heteroatoms. The van der Waals surface area contributed by atoms with Gasteiger partial charge in [-0.1, -0.05) is 24.9 Å². The minimum Gasteiger partial charge on any atom is -0.409 e. The van der Waals surface area contributed by atoms with Gasteiger partial charge in [-0.15, -0.1) is 0 Å². The van der Waals surface area contributed by atoms with Crippen LogP contribution < -0.4 is 11.1 Å². The lowest BCUT2D eigenvalue weighted by Crippen LogP contribution is -2.54. The van der Waals surface area contributed by atoms with Crippen molar-refractivity contribution in [1.82, 2.24) is 5.32 Å². The quantitative estimate of drug-likeness (QED) is 0.313. The molecule has 114 valence electrons. The fraction of sp³-hybridized carbons (Fsp3) is 0.857. The number of carbonyl (C=O) groups is 1. The summed E-state index contributed by atoms with van der Waals surface area (Å²) in [6.07, 6.45) is 5.67. The first kappa shape index (κ1) is 15.1. The minimum atomic E-state index is -0.915. The second kappa shape index (κ2) is 5.99. The van der Waals surface area contributed by atoms with E-state index in [2.05, 4.69) is 17.4 Å². The predicted octanol–water partition coefficient (Wildman–Crippen LogP) is 1.23. The van der Waals surface area contributed by atoms with Gasteiger partial charge in [0.05, 0.1) is 0 Å². The first-order valence-electron chi connectivity index (χ1n) is 7.37. The molecule has 2 aliphatic rings. The number of amidine groups is 1. The first-order valence-corrected chi connectivity index (χ1v) is 7.37. The molecule has 0 aromatic rings. The molecule has 1 saturated heterocycles. The van der Waals surface area contributed by atoms with E-state index < -0.39 is 5.41 Å². The standard InChI is InChI=1S/C14H25N3O3/c1-13(4-2-3-5-13)10-16-12(18)14(11(15)17-19)6-8-20-9-7-14/h19H,2-10H2,1H3,(H2,15,17)(H,16,18). The highest BCUT2D eigenvalue weighted by Gasteiger charge is 2.45. The van der Waals surface area contributed by atoms with E-state index in [1.165, 1.54) is 12.8 Å². The Bertz CT molecular complexity index is 383. The zero-order valence-electron chi connectivity index (χ0n) is 12.2. The lowest BCUT2D eigenvalue weighted by Gasteiger charge is -2.35. The van der Waals surface area contributed by atoms with Gasteiger partial charge < -0.3 is 21.0 Å². The molecular weight excluding hydrogens is 258 g/mol. The van der Waals surface area contributed by atoms with Gasteiger partial charge in [-0.2, -0.15) is 0 Å². The molecule has 0 unspecified atom stereocenters. The highest BCUT2D eigenvalue weighted by Crippen LogP contribution is 2.37. The molecule has 0 bridgehead atoms. The molecule has 1 saturated carbocycles. The molecule has 2 fully saturated rings. The first-order chi connectivity index (χ1) is 9.52. The molecule has 1 aliphatic carbocycles. The molecule has 0 aromatic carbocycles. The van der Waals surface area contributed by atoms with Crippen LogP contribution in [0.1, 0.15) is 45.4 Å². The smallest absolute Gasteiger partial charge is 0.234 e. The Morgan fingerprint density at radius 1 is 1.30 bits per heavy atom. The third-order valence-corrected chi connectivity index (χ3v) is 4.87. The van der Waals surface area contributed by atoms with Crippen LogP contribution in [0.15, 0.2) is 5.16 Å². The normalized spacial score (nSPS) is 25.4. The summed E-state index contributed by atoms with van der Waals surface area (Å²) in [7, 11) is 0. The zero-order chi connectivity index (χ0) is 14.6. The average molecular weight is 283 g/mol. The summed E-state index contributed by atoms with van der Waals surface area (Å²) in [6, 6.07) is 0. The third-order valence-electron chi connectivity index (χ3n) is 4.87. The van der Waals surface area contributed by atoms with Crippen molar-refractivity contribution in [1.29, 1.82) is 0 Å². The van der Waals surface area contributed by atoms with E-state index in [0.29, 0.717) is 32.6 Å². The van der Waals surface area contributed by atoms with Crippen LogP contribution in [0.25, 0.3) is 0 Å². The van der Waals surface area contributed by atoms with Crippen LogP contribution in [0.5, 0.6) is 0 Å². The fourth-order valence-electron chi connectivity index (χ4n) is 3.28. The Hall–Kier alpha value is -1.30. The van der Waals surface area contributed by atoms with Crippen molar-refractivity contribution in [3.63, 3.8) is 0 Å². The van der Waals surface area contributed by atoms with Crippen molar-refractivity contribution in [2.45, 2.75) is 45.4 Å². The summed E-state index contributed by atoms with van der Waals surface area (Å²) in [5.74, 6) is -0.140. The van der Waals surface area contributed by atoms with Gasteiger partial charge in [-0.25, -0.2) is 0 Å². The Morgan fingerprint density at radius 3 is 2.45 bits per heavy atom. The number of hydrogen-bond donors (Lipinski definition) is 3. The summed E-state index contributed by atoms with van der Waals surface area (Å²) in [4.78, 5) is 12.6. The summed E-state index contributed by atoms with van der Waals surface area (Å²) >= 11 is 0. The number of nitrogens with two attached hydrogens (primary N) is 1. The van der Waals surface area contributed by atoms with E-state index in [9.17, 15) is 4.79 Å². The predicted molar refractivity (Wildman–Crippen MR) is 75.5 cm³/mol. The second-order valence-corrected chi connectivity index (χ2v) is 6.38. The highest BCUT2D eigenvalue weighted by atomic mass is 16.5. The molecule has 0 atom stereocenters. The number of rotatable bonds is 4. The van der Waals surface area contributed by atoms with Gasteiger partial charge in [-0.05, 0) is 31.1 Å². The molecule has 1 amide bonds. The van der Waals surface area contributed by atoms with Crippen LogP contribution in [-0.4, -0.2) is 36.7 Å². The Balaban J connectivity index is 2.03. The zero-order valence-corrected chi connectivity index (χ0v) is 12.2. The Kier molecular flexibility index (Phi) is 4.52. The number of nitrogens with zero attached hydrogens (tertiary/aromatic N) is 1. The van der Waals surface area contributed by atoms with Crippen molar-refractivity contribution in [3.05, 3.63) is 0 Å². The fourth-order valence-corrected chi connectivity index (χ4v) is 3.28. The van der Waals surface area contributed by atoms with Crippen molar-refractivity contribution in [3.8, 4) is 0 Å². The van der Waals surface area contributed by atoms with Gasteiger partial charge in [0.1, 0.15) is 5.41 Å². The van der Waals surface area contributed by atoms with Gasteiger partial charge in [0, 0.05) is 19.8 Å². The van der Waals surface area contributed by atoms with Gasteiger partial charge >= 0.3 is 0 Å². The van der Waals surface area contributed by atoms with Crippen LogP contribution in [0.3, 0.4) is 0 Å². The highest BCUT2D eigenvalue weighted by molar-refractivity contribution is 6.06. The van der Waals surface area contributed by atoms with Crippen LogP contribution in [0.2, 0.25) is 0 Å². The van der Waals surface area contributed by atoms with E-state index in [1.54, 1.807) is 0 Å². The number of hydrogen-bond acceptors (Lipinski definition) is 4. The minimum absolute atomic E-state index is 0.00475. The summed E-state index contributed by atoms with van der Waals surface area (Å²) in [5.41, 5.74) is 5.06. The monoisotopic (exact) mass is 283 g/mol. The molecule has 2 rings (SSSR count).